The maximum atomic E-state index is 2.47. The molecule has 2 aliphatic rings. The largest absolute Gasteiger partial charge is 0.163 e. The molecule has 2 heterocycles. The van der Waals surface area contributed by atoms with Crippen LogP contribution in [0.3, 0.4) is 0 Å². The summed E-state index contributed by atoms with van der Waals surface area (Å²) in [6, 6.07) is 0. The smallest absolute Gasteiger partial charge is 0.0709 e. The highest BCUT2D eigenvalue weighted by Gasteiger charge is 2.47. The Bertz CT molecular complexity index is 438. The average molecular weight is 244 g/mol. The van der Waals surface area contributed by atoms with Gasteiger partial charge in [-0.25, -0.2) is 0 Å². The number of rotatable bonds is 2. The molecule has 0 bridgehead atoms. The summed E-state index contributed by atoms with van der Waals surface area (Å²) < 4.78 is 0. The summed E-state index contributed by atoms with van der Waals surface area (Å²) in [4.78, 5) is 0. The van der Waals surface area contributed by atoms with Gasteiger partial charge in [0.1, 0.15) is 0 Å². The van der Waals surface area contributed by atoms with Crippen LogP contribution in [0, 0.1) is 0 Å². The zero-order valence-corrected chi connectivity index (χ0v) is 13.1. The Morgan fingerprint density at radius 1 is 0.765 bits per heavy atom. The highest BCUT2D eigenvalue weighted by molar-refractivity contribution is 7.05. The van der Waals surface area contributed by atoms with Gasteiger partial charge in [-0.15, -0.1) is 0 Å². The van der Waals surface area contributed by atoms with Gasteiger partial charge >= 0.3 is 0 Å². The molecule has 0 aromatic heterocycles. The Labute approximate surface area is 107 Å². The van der Waals surface area contributed by atoms with Crippen molar-refractivity contribution >= 4 is 8.07 Å². The molecule has 0 unspecified atom stereocenters. The summed E-state index contributed by atoms with van der Waals surface area (Å²) in [7, 11) is -1.57. The first-order valence-corrected chi connectivity index (χ1v) is 8.78. The van der Waals surface area contributed by atoms with Crippen molar-refractivity contribution in [2.45, 2.75) is 54.4 Å². The summed E-state index contributed by atoms with van der Waals surface area (Å²) in [6.07, 6.45) is 7.31. The number of hydrogen-bond acceptors (Lipinski definition) is 0. The van der Waals surface area contributed by atoms with E-state index in [0.29, 0.717) is 0 Å². The van der Waals surface area contributed by atoms with Gasteiger partial charge in [0, 0.05) is 0 Å². The zero-order chi connectivity index (χ0) is 12.8. The SMILES string of the molecule is CCC1=C(C)[Si]2(C(C)=C1)C(C)=CC(CC)=C2C. The normalized spacial score (nSPS) is 22.7. The molecule has 0 aliphatic carbocycles. The van der Waals surface area contributed by atoms with Gasteiger partial charge in [-0.3, -0.25) is 0 Å². The van der Waals surface area contributed by atoms with Gasteiger partial charge in [0.25, 0.3) is 0 Å². The number of hydrogen-bond donors (Lipinski definition) is 0. The van der Waals surface area contributed by atoms with Gasteiger partial charge in [-0.2, -0.15) is 0 Å². The maximum Gasteiger partial charge on any atom is 0.163 e. The van der Waals surface area contributed by atoms with Gasteiger partial charge in [-0.1, -0.05) is 57.9 Å². The summed E-state index contributed by atoms with van der Waals surface area (Å²) in [5, 5.41) is 6.71. The molecule has 2 rings (SSSR count). The van der Waals surface area contributed by atoms with E-state index in [1.807, 2.05) is 0 Å². The minimum atomic E-state index is -1.57. The fourth-order valence-electron chi connectivity index (χ4n) is 3.95. The highest BCUT2D eigenvalue weighted by Crippen LogP contribution is 2.48. The standard InChI is InChI=1S/C16H24Si/c1-7-15-9-11(3)17(13(15)5)12(4)10-16(8-2)14(17)6/h9-10H,7-8H2,1-6H3. The lowest BCUT2D eigenvalue weighted by atomic mass is 10.2. The van der Waals surface area contributed by atoms with E-state index in [1.165, 1.54) is 12.8 Å². The lowest BCUT2D eigenvalue weighted by Crippen LogP contribution is -2.39. The van der Waals surface area contributed by atoms with Gasteiger partial charge in [0.05, 0.1) is 0 Å². The predicted octanol–water partition coefficient (Wildman–Crippen LogP) is 4.96. The summed E-state index contributed by atoms with van der Waals surface area (Å²) in [5.74, 6) is 0. The zero-order valence-electron chi connectivity index (χ0n) is 12.1. The van der Waals surface area contributed by atoms with Crippen LogP contribution in [0.1, 0.15) is 54.4 Å². The molecular formula is C16H24Si. The van der Waals surface area contributed by atoms with Crippen LogP contribution in [-0.4, -0.2) is 8.07 Å². The third-order valence-corrected chi connectivity index (χ3v) is 10.4. The van der Waals surface area contributed by atoms with Crippen LogP contribution in [0.25, 0.3) is 0 Å². The Morgan fingerprint density at radius 2 is 1.12 bits per heavy atom. The summed E-state index contributed by atoms with van der Waals surface area (Å²) >= 11 is 0. The van der Waals surface area contributed by atoms with Crippen molar-refractivity contribution in [1.29, 1.82) is 0 Å². The van der Waals surface area contributed by atoms with E-state index >= 15 is 0 Å². The molecule has 0 saturated heterocycles. The van der Waals surface area contributed by atoms with Crippen LogP contribution in [0.2, 0.25) is 0 Å². The second-order valence-electron chi connectivity index (χ2n) is 5.41. The molecule has 0 aromatic carbocycles. The molecule has 0 amide bonds. The summed E-state index contributed by atoms with van der Waals surface area (Å²) in [5.41, 5.74) is 3.19. The Balaban J connectivity index is 2.67. The lowest BCUT2D eigenvalue weighted by Gasteiger charge is -2.30. The van der Waals surface area contributed by atoms with E-state index < -0.39 is 8.07 Å². The van der Waals surface area contributed by atoms with E-state index in [0.717, 1.165) is 0 Å². The predicted molar refractivity (Wildman–Crippen MR) is 79.3 cm³/mol. The topological polar surface area (TPSA) is 0 Å². The first-order chi connectivity index (χ1) is 7.99. The van der Waals surface area contributed by atoms with Crippen LogP contribution < -0.4 is 0 Å². The van der Waals surface area contributed by atoms with E-state index in [2.05, 4.69) is 53.7 Å². The van der Waals surface area contributed by atoms with Crippen molar-refractivity contribution < 1.29 is 0 Å². The maximum absolute atomic E-state index is 2.47. The van der Waals surface area contributed by atoms with E-state index in [4.69, 9.17) is 0 Å². The Kier molecular flexibility index (Phi) is 3.07. The van der Waals surface area contributed by atoms with Crippen LogP contribution in [0.15, 0.2) is 44.1 Å². The molecule has 1 spiro atoms. The van der Waals surface area contributed by atoms with Gasteiger partial charge in [0.2, 0.25) is 0 Å². The minimum Gasteiger partial charge on any atom is -0.0709 e. The Morgan fingerprint density at radius 3 is 1.35 bits per heavy atom. The van der Waals surface area contributed by atoms with Crippen molar-refractivity contribution in [3.8, 4) is 0 Å². The molecule has 2 aliphatic heterocycles. The van der Waals surface area contributed by atoms with E-state index in [1.54, 1.807) is 31.9 Å². The van der Waals surface area contributed by atoms with Crippen molar-refractivity contribution in [2.24, 2.45) is 0 Å². The van der Waals surface area contributed by atoms with Crippen molar-refractivity contribution in [1.82, 2.24) is 0 Å². The third kappa shape index (κ3) is 1.41. The van der Waals surface area contributed by atoms with Gasteiger partial charge < -0.3 is 0 Å². The molecular weight excluding hydrogens is 220 g/mol. The monoisotopic (exact) mass is 244 g/mol. The van der Waals surface area contributed by atoms with Crippen LogP contribution in [0.4, 0.5) is 0 Å². The quantitative estimate of drug-likeness (QED) is 0.602. The molecule has 1 heteroatoms. The average Bonchev–Trinajstić information content (AvgIpc) is 2.71. The van der Waals surface area contributed by atoms with Crippen LogP contribution in [0.5, 0.6) is 0 Å². The van der Waals surface area contributed by atoms with Crippen LogP contribution >= 0.6 is 0 Å². The molecule has 0 atom stereocenters. The second-order valence-corrected chi connectivity index (χ2v) is 9.99. The van der Waals surface area contributed by atoms with Gasteiger partial charge in [-0.05, 0) is 40.5 Å². The molecule has 0 N–H and O–H groups in total. The first-order valence-electron chi connectivity index (χ1n) is 6.78. The second kappa shape index (κ2) is 4.13. The Hall–Kier alpha value is -0.823. The first kappa shape index (κ1) is 12.6. The molecule has 0 nitrogen and oxygen atoms in total. The van der Waals surface area contributed by atoms with E-state index in [-0.39, 0.29) is 0 Å². The third-order valence-electron chi connectivity index (χ3n) is 4.81. The molecule has 17 heavy (non-hydrogen) atoms. The fourth-order valence-corrected chi connectivity index (χ4v) is 9.74. The molecule has 92 valence electrons. The molecule has 0 saturated carbocycles. The molecule has 0 fully saturated rings. The molecule has 0 aromatic rings. The summed E-state index contributed by atoms with van der Waals surface area (Å²) in [6.45, 7) is 14.1. The number of allylic oxidation sites excluding steroid dienone is 8. The van der Waals surface area contributed by atoms with Crippen LogP contribution in [-0.2, 0) is 0 Å². The highest BCUT2D eigenvalue weighted by atomic mass is 28.3. The van der Waals surface area contributed by atoms with Gasteiger partial charge in [0.15, 0.2) is 8.07 Å². The molecule has 0 radical (unpaired) electrons. The van der Waals surface area contributed by atoms with Crippen molar-refractivity contribution in [2.75, 3.05) is 0 Å². The van der Waals surface area contributed by atoms with Crippen molar-refractivity contribution in [3.05, 3.63) is 44.1 Å². The fraction of sp³-hybridized carbons (Fsp3) is 0.500. The lowest BCUT2D eigenvalue weighted by molar-refractivity contribution is 1.13. The van der Waals surface area contributed by atoms with Crippen molar-refractivity contribution in [3.63, 3.8) is 0 Å². The van der Waals surface area contributed by atoms with E-state index in [9.17, 15) is 0 Å². The minimum absolute atomic E-state index is 1.18.